The number of carbonyl (C=O) groups excluding carboxylic acids is 1. The summed E-state index contributed by atoms with van der Waals surface area (Å²) >= 11 is 0. The van der Waals surface area contributed by atoms with Crippen molar-refractivity contribution in [2.75, 3.05) is 26.2 Å². The van der Waals surface area contributed by atoms with Crippen LogP contribution in [0.3, 0.4) is 0 Å². The van der Waals surface area contributed by atoms with Gasteiger partial charge in [-0.1, -0.05) is 6.92 Å². The molecule has 2 aliphatic rings. The van der Waals surface area contributed by atoms with E-state index in [2.05, 4.69) is 29.4 Å². The van der Waals surface area contributed by atoms with Gasteiger partial charge in [0.2, 0.25) is 5.91 Å². The molecule has 1 unspecified atom stereocenters. The quantitative estimate of drug-likeness (QED) is 0.754. The first-order chi connectivity index (χ1) is 9.17. The Morgan fingerprint density at radius 2 is 1.90 bits per heavy atom. The maximum absolute atomic E-state index is 11.8. The van der Waals surface area contributed by atoms with E-state index < -0.39 is 0 Å². The normalized spacial score (nSPS) is 22.1. The van der Waals surface area contributed by atoms with Crippen molar-refractivity contribution >= 4 is 18.3 Å². The van der Waals surface area contributed by atoms with Crippen LogP contribution in [-0.4, -0.2) is 49.1 Å². The zero-order valence-corrected chi connectivity index (χ0v) is 13.7. The molecule has 1 atom stereocenters. The molecule has 2 fully saturated rings. The summed E-state index contributed by atoms with van der Waals surface area (Å²) in [5, 5.41) is 6.71. The van der Waals surface area contributed by atoms with E-state index in [1.165, 1.54) is 32.2 Å². The van der Waals surface area contributed by atoms with E-state index in [4.69, 9.17) is 0 Å². The van der Waals surface area contributed by atoms with Crippen molar-refractivity contribution in [1.82, 2.24) is 15.5 Å². The molecule has 2 N–H and O–H groups in total. The highest BCUT2D eigenvalue weighted by Gasteiger charge is 2.25. The number of amides is 1. The van der Waals surface area contributed by atoms with Crippen molar-refractivity contribution in [1.29, 1.82) is 0 Å². The van der Waals surface area contributed by atoms with Gasteiger partial charge in [-0.15, -0.1) is 12.4 Å². The molecule has 1 heterocycles. The number of halogens is 1. The molecule has 1 saturated carbocycles. The topological polar surface area (TPSA) is 44.4 Å². The highest BCUT2D eigenvalue weighted by Crippen LogP contribution is 2.28. The van der Waals surface area contributed by atoms with E-state index >= 15 is 0 Å². The first-order valence-electron chi connectivity index (χ1n) is 7.92. The van der Waals surface area contributed by atoms with Crippen LogP contribution in [0.15, 0.2) is 0 Å². The molecule has 118 valence electrons. The number of nitrogens with one attached hydrogen (secondary N) is 2. The molecule has 0 aromatic rings. The molecule has 0 spiro atoms. The van der Waals surface area contributed by atoms with E-state index in [0.717, 1.165) is 25.4 Å². The summed E-state index contributed by atoms with van der Waals surface area (Å²) in [6, 6.07) is 0.972. The number of nitrogens with zero attached hydrogens (tertiary/aromatic N) is 1. The average Bonchev–Trinajstić information content (AvgIpc) is 3.21. The molecule has 1 saturated heterocycles. The lowest BCUT2D eigenvalue weighted by Crippen LogP contribution is -2.47. The fourth-order valence-electron chi connectivity index (χ4n) is 2.58. The maximum atomic E-state index is 11.8. The van der Waals surface area contributed by atoms with Crippen LogP contribution < -0.4 is 10.6 Å². The smallest absolute Gasteiger partial charge is 0.234 e. The van der Waals surface area contributed by atoms with Crippen LogP contribution in [-0.2, 0) is 4.79 Å². The molecule has 20 heavy (non-hydrogen) atoms. The summed E-state index contributed by atoms with van der Waals surface area (Å²) < 4.78 is 0. The standard InChI is InChI=1S/C15H29N3O.ClH/c1-3-12(2)17-15(19)11-18-8-6-14(7-9-18)16-10-13-4-5-13;/h12-14,16H,3-11H2,1-2H3,(H,17,19);1H. The SMILES string of the molecule is CCC(C)NC(=O)CN1CCC(NCC2CC2)CC1.Cl. The van der Waals surface area contributed by atoms with Gasteiger partial charge >= 0.3 is 0 Å². The zero-order valence-electron chi connectivity index (χ0n) is 12.9. The van der Waals surface area contributed by atoms with Crippen molar-refractivity contribution in [3.8, 4) is 0 Å². The minimum absolute atomic E-state index is 0. The van der Waals surface area contributed by atoms with Gasteiger partial charge in [-0.25, -0.2) is 0 Å². The van der Waals surface area contributed by atoms with Gasteiger partial charge in [0.1, 0.15) is 0 Å². The lowest BCUT2D eigenvalue weighted by molar-refractivity contribution is -0.123. The molecule has 2 rings (SSSR count). The summed E-state index contributed by atoms with van der Waals surface area (Å²) in [5.41, 5.74) is 0. The minimum atomic E-state index is 0. The largest absolute Gasteiger partial charge is 0.353 e. The molecule has 1 aliphatic carbocycles. The molecule has 0 radical (unpaired) electrons. The average molecular weight is 304 g/mol. The Balaban J connectivity index is 0.00000200. The number of rotatable bonds is 7. The second kappa shape index (κ2) is 8.85. The number of hydrogen-bond acceptors (Lipinski definition) is 3. The summed E-state index contributed by atoms with van der Waals surface area (Å²) in [5.74, 6) is 1.14. The maximum Gasteiger partial charge on any atom is 0.234 e. The number of likely N-dealkylation sites (tertiary alicyclic amines) is 1. The van der Waals surface area contributed by atoms with Crippen molar-refractivity contribution in [2.45, 2.75) is 58.0 Å². The van der Waals surface area contributed by atoms with Crippen molar-refractivity contribution in [3.05, 3.63) is 0 Å². The van der Waals surface area contributed by atoms with Crippen LogP contribution in [0, 0.1) is 5.92 Å². The Bertz CT molecular complexity index is 289. The van der Waals surface area contributed by atoms with E-state index in [0.29, 0.717) is 18.6 Å². The summed E-state index contributed by atoms with van der Waals surface area (Å²) in [6.07, 6.45) is 6.20. The third-order valence-electron chi connectivity index (χ3n) is 4.37. The Labute approximate surface area is 129 Å². The van der Waals surface area contributed by atoms with Crippen LogP contribution >= 0.6 is 12.4 Å². The van der Waals surface area contributed by atoms with Gasteiger partial charge in [0.25, 0.3) is 0 Å². The number of hydrogen-bond donors (Lipinski definition) is 2. The Kier molecular flexibility index (Phi) is 7.85. The van der Waals surface area contributed by atoms with Gasteiger partial charge in [0.05, 0.1) is 6.54 Å². The fourth-order valence-corrected chi connectivity index (χ4v) is 2.58. The molecule has 0 aromatic heterocycles. The Morgan fingerprint density at radius 1 is 1.25 bits per heavy atom. The number of piperidine rings is 1. The minimum Gasteiger partial charge on any atom is -0.353 e. The van der Waals surface area contributed by atoms with Gasteiger partial charge < -0.3 is 10.6 Å². The Hall–Kier alpha value is -0.320. The monoisotopic (exact) mass is 303 g/mol. The predicted octanol–water partition coefficient (Wildman–Crippen LogP) is 1.79. The van der Waals surface area contributed by atoms with E-state index in [-0.39, 0.29) is 18.3 Å². The lowest BCUT2D eigenvalue weighted by atomic mass is 10.0. The third-order valence-corrected chi connectivity index (χ3v) is 4.37. The van der Waals surface area contributed by atoms with Crippen LogP contribution in [0.4, 0.5) is 0 Å². The summed E-state index contributed by atoms with van der Waals surface area (Å²) in [7, 11) is 0. The lowest BCUT2D eigenvalue weighted by Gasteiger charge is -2.32. The van der Waals surface area contributed by atoms with Crippen LogP contribution in [0.2, 0.25) is 0 Å². The first-order valence-corrected chi connectivity index (χ1v) is 7.92. The van der Waals surface area contributed by atoms with Crippen molar-refractivity contribution in [2.24, 2.45) is 5.92 Å². The highest BCUT2D eigenvalue weighted by atomic mass is 35.5. The third kappa shape index (κ3) is 6.42. The molecule has 1 aliphatic heterocycles. The van der Waals surface area contributed by atoms with Crippen LogP contribution in [0.5, 0.6) is 0 Å². The van der Waals surface area contributed by atoms with Gasteiger partial charge in [-0.3, -0.25) is 9.69 Å². The molecule has 5 heteroatoms. The van der Waals surface area contributed by atoms with E-state index in [9.17, 15) is 4.79 Å². The van der Waals surface area contributed by atoms with E-state index in [1.54, 1.807) is 0 Å². The van der Waals surface area contributed by atoms with Crippen LogP contribution in [0.25, 0.3) is 0 Å². The van der Waals surface area contributed by atoms with Crippen LogP contribution in [0.1, 0.15) is 46.0 Å². The second-order valence-corrected chi connectivity index (χ2v) is 6.28. The zero-order chi connectivity index (χ0) is 13.7. The van der Waals surface area contributed by atoms with Crippen molar-refractivity contribution < 1.29 is 4.79 Å². The second-order valence-electron chi connectivity index (χ2n) is 6.28. The number of carbonyl (C=O) groups is 1. The fraction of sp³-hybridized carbons (Fsp3) is 0.933. The molecule has 1 amide bonds. The van der Waals surface area contributed by atoms with Gasteiger partial charge in [-0.2, -0.15) is 0 Å². The van der Waals surface area contributed by atoms with Gasteiger partial charge in [0, 0.05) is 25.2 Å². The van der Waals surface area contributed by atoms with Crippen molar-refractivity contribution in [3.63, 3.8) is 0 Å². The molecular weight excluding hydrogens is 274 g/mol. The van der Waals surface area contributed by atoms with Gasteiger partial charge in [-0.05, 0) is 51.5 Å². The summed E-state index contributed by atoms with van der Waals surface area (Å²) in [4.78, 5) is 14.1. The van der Waals surface area contributed by atoms with Gasteiger partial charge in [0.15, 0.2) is 0 Å². The Morgan fingerprint density at radius 3 is 2.45 bits per heavy atom. The highest BCUT2D eigenvalue weighted by molar-refractivity contribution is 5.85. The molecule has 0 aromatic carbocycles. The first kappa shape index (κ1) is 17.7. The van der Waals surface area contributed by atoms with E-state index in [1.807, 2.05) is 0 Å². The molecule has 0 bridgehead atoms. The predicted molar refractivity (Wildman–Crippen MR) is 85.3 cm³/mol. The molecule has 4 nitrogen and oxygen atoms in total. The molecular formula is C15H30ClN3O. The summed E-state index contributed by atoms with van der Waals surface area (Å²) in [6.45, 7) is 8.04.